The molecule has 1 aromatic heterocycles. The maximum Gasteiger partial charge on any atom is 0.274 e. The minimum atomic E-state index is -0.322. The average Bonchev–Trinajstić information content (AvgIpc) is 3.07. The first-order valence-electron chi connectivity index (χ1n) is 6.12. The van der Waals surface area contributed by atoms with E-state index in [2.05, 4.69) is 26.5 Å². The highest BCUT2D eigenvalue weighted by Gasteiger charge is 2.17. The van der Waals surface area contributed by atoms with Crippen molar-refractivity contribution in [3.05, 3.63) is 45.8 Å². The molecular formula is C14H11BrN2O4. The van der Waals surface area contributed by atoms with Crippen LogP contribution in [0.5, 0.6) is 11.5 Å². The van der Waals surface area contributed by atoms with E-state index in [4.69, 9.17) is 13.9 Å². The lowest BCUT2D eigenvalue weighted by Crippen LogP contribution is -2.17. The lowest BCUT2D eigenvalue weighted by Gasteiger charge is -2.01. The number of hydrazone groups is 1. The summed E-state index contributed by atoms with van der Waals surface area (Å²) in [4.78, 5) is 11.8. The number of nitrogens with zero attached hydrogens (tertiary/aromatic N) is 1. The third kappa shape index (κ3) is 2.78. The van der Waals surface area contributed by atoms with Crippen LogP contribution in [0.4, 0.5) is 0 Å². The minimum Gasteiger partial charge on any atom is -0.469 e. The van der Waals surface area contributed by atoms with E-state index in [-0.39, 0.29) is 12.7 Å². The topological polar surface area (TPSA) is 73.1 Å². The van der Waals surface area contributed by atoms with Gasteiger partial charge in [0.05, 0.1) is 22.5 Å². The number of ether oxygens (including phenoxy) is 2. The first-order valence-corrected chi connectivity index (χ1v) is 6.91. The summed E-state index contributed by atoms with van der Waals surface area (Å²) >= 11 is 3.39. The van der Waals surface area contributed by atoms with Crippen LogP contribution in [0.2, 0.25) is 0 Å². The monoisotopic (exact) mass is 350 g/mol. The molecule has 0 saturated carbocycles. The standard InChI is InChI=1S/C14H11BrN2O4/c1-8-10(2-3-19-8)14(18)17-16-6-9-4-11(15)13-12(5-9)20-7-21-13/h2-6H,7H2,1H3,(H,17,18)/b16-6-. The van der Waals surface area contributed by atoms with Gasteiger partial charge in [0.1, 0.15) is 5.76 Å². The van der Waals surface area contributed by atoms with E-state index in [9.17, 15) is 4.79 Å². The number of benzene rings is 1. The quantitative estimate of drug-likeness (QED) is 0.682. The molecule has 21 heavy (non-hydrogen) atoms. The number of nitrogens with one attached hydrogen (secondary N) is 1. The number of carbonyl (C=O) groups is 1. The van der Waals surface area contributed by atoms with Crippen molar-refractivity contribution in [3.8, 4) is 11.5 Å². The van der Waals surface area contributed by atoms with Gasteiger partial charge in [-0.3, -0.25) is 4.79 Å². The number of fused-ring (bicyclic) bond motifs is 1. The second-order valence-electron chi connectivity index (χ2n) is 4.33. The van der Waals surface area contributed by atoms with Crippen molar-refractivity contribution in [2.75, 3.05) is 6.79 Å². The number of rotatable bonds is 3. The minimum absolute atomic E-state index is 0.199. The molecule has 1 aromatic carbocycles. The van der Waals surface area contributed by atoms with Crippen molar-refractivity contribution < 1.29 is 18.7 Å². The van der Waals surface area contributed by atoms with Gasteiger partial charge in [0.15, 0.2) is 11.5 Å². The summed E-state index contributed by atoms with van der Waals surface area (Å²) in [5, 5.41) is 3.92. The van der Waals surface area contributed by atoms with Crippen LogP contribution in [0.1, 0.15) is 21.7 Å². The van der Waals surface area contributed by atoms with Crippen LogP contribution in [-0.2, 0) is 0 Å². The summed E-state index contributed by atoms with van der Waals surface area (Å²) < 4.78 is 16.4. The fraction of sp³-hybridized carbons (Fsp3) is 0.143. The molecule has 7 heteroatoms. The molecule has 1 aliphatic heterocycles. The first kappa shape index (κ1) is 13.7. The van der Waals surface area contributed by atoms with E-state index in [1.807, 2.05) is 6.07 Å². The van der Waals surface area contributed by atoms with Crippen molar-refractivity contribution in [1.82, 2.24) is 5.43 Å². The Balaban J connectivity index is 1.71. The normalized spacial score (nSPS) is 12.9. The molecule has 1 N–H and O–H groups in total. The third-order valence-electron chi connectivity index (χ3n) is 2.93. The van der Waals surface area contributed by atoms with Crippen molar-refractivity contribution in [2.45, 2.75) is 6.92 Å². The van der Waals surface area contributed by atoms with E-state index in [0.717, 1.165) is 10.0 Å². The molecule has 108 valence electrons. The fourth-order valence-corrected chi connectivity index (χ4v) is 2.48. The van der Waals surface area contributed by atoms with Gasteiger partial charge in [-0.05, 0) is 46.6 Å². The molecule has 0 saturated heterocycles. The number of hydrogen-bond acceptors (Lipinski definition) is 5. The molecule has 0 atom stereocenters. The highest BCUT2D eigenvalue weighted by molar-refractivity contribution is 9.10. The smallest absolute Gasteiger partial charge is 0.274 e. The maximum absolute atomic E-state index is 11.8. The van der Waals surface area contributed by atoms with Gasteiger partial charge in [-0.25, -0.2) is 5.43 Å². The van der Waals surface area contributed by atoms with Gasteiger partial charge in [-0.1, -0.05) is 0 Å². The van der Waals surface area contributed by atoms with Crippen LogP contribution in [0.25, 0.3) is 0 Å². The van der Waals surface area contributed by atoms with E-state index in [1.165, 1.54) is 12.5 Å². The molecule has 2 heterocycles. The molecule has 6 nitrogen and oxygen atoms in total. The number of halogens is 1. The SMILES string of the molecule is Cc1occc1C(=O)N/N=C\c1cc(Br)c2c(c1)OCO2. The van der Waals surface area contributed by atoms with Gasteiger partial charge in [-0.2, -0.15) is 5.10 Å². The zero-order valence-corrected chi connectivity index (χ0v) is 12.6. The Morgan fingerprint density at radius 3 is 3.05 bits per heavy atom. The van der Waals surface area contributed by atoms with Crippen molar-refractivity contribution in [1.29, 1.82) is 0 Å². The molecule has 0 unspecified atom stereocenters. The Morgan fingerprint density at radius 2 is 2.29 bits per heavy atom. The highest BCUT2D eigenvalue weighted by atomic mass is 79.9. The molecule has 1 amide bonds. The number of aryl methyl sites for hydroxylation is 1. The van der Waals surface area contributed by atoms with Crippen molar-refractivity contribution in [2.24, 2.45) is 5.10 Å². The lowest BCUT2D eigenvalue weighted by molar-refractivity contribution is 0.0953. The largest absolute Gasteiger partial charge is 0.469 e. The van der Waals surface area contributed by atoms with E-state index in [0.29, 0.717) is 22.8 Å². The fourth-order valence-electron chi connectivity index (χ4n) is 1.91. The van der Waals surface area contributed by atoms with Crippen molar-refractivity contribution in [3.63, 3.8) is 0 Å². The Kier molecular flexibility index (Phi) is 3.66. The predicted molar refractivity (Wildman–Crippen MR) is 78.8 cm³/mol. The van der Waals surface area contributed by atoms with Gasteiger partial charge in [-0.15, -0.1) is 0 Å². The summed E-state index contributed by atoms with van der Waals surface area (Å²) in [5.74, 6) is 1.54. The van der Waals surface area contributed by atoms with Crippen molar-refractivity contribution >= 4 is 28.1 Å². The molecule has 3 rings (SSSR count). The van der Waals surface area contributed by atoms with Gasteiger partial charge in [0.2, 0.25) is 6.79 Å². The maximum atomic E-state index is 11.8. The summed E-state index contributed by atoms with van der Waals surface area (Å²) in [7, 11) is 0. The number of amides is 1. The van der Waals surface area contributed by atoms with Gasteiger partial charge in [0, 0.05) is 0 Å². The second kappa shape index (κ2) is 5.61. The Bertz CT molecular complexity index is 724. The molecule has 0 aliphatic carbocycles. The molecule has 0 bridgehead atoms. The van der Waals surface area contributed by atoms with Crippen LogP contribution >= 0.6 is 15.9 Å². The molecule has 0 radical (unpaired) electrons. The van der Waals surface area contributed by atoms with E-state index in [1.54, 1.807) is 19.1 Å². The molecule has 2 aromatic rings. The van der Waals surface area contributed by atoms with Crippen LogP contribution in [0, 0.1) is 6.92 Å². The lowest BCUT2D eigenvalue weighted by atomic mass is 10.2. The summed E-state index contributed by atoms with van der Waals surface area (Å²) in [6.07, 6.45) is 2.99. The summed E-state index contributed by atoms with van der Waals surface area (Å²) in [5.41, 5.74) is 3.68. The Hall–Kier alpha value is -2.28. The molecule has 0 fully saturated rings. The van der Waals surface area contributed by atoms with Crippen LogP contribution in [0.15, 0.2) is 38.5 Å². The summed E-state index contributed by atoms with van der Waals surface area (Å²) in [6, 6.07) is 5.20. The van der Waals surface area contributed by atoms with Crippen LogP contribution in [-0.4, -0.2) is 18.9 Å². The predicted octanol–water partition coefficient (Wildman–Crippen LogP) is 2.84. The van der Waals surface area contributed by atoms with Crippen LogP contribution < -0.4 is 14.9 Å². The molecular weight excluding hydrogens is 340 g/mol. The van der Waals surface area contributed by atoms with E-state index < -0.39 is 0 Å². The third-order valence-corrected chi connectivity index (χ3v) is 3.52. The zero-order valence-electron chi connectivity index (χ0n) is 11.1. The Morgan fingerprint density at radius 1 is 1.43 bits per heavy atom. The average molecular weight is 351 g/mol. The molecule has 0 spiro atoms. The van der Waals surface area contributed by atoms with Gasteiger partial charge < -0.3 is 13.9 Å². The van der Waals surface area contributed by atoms with Crippen LogP contribution in [0.3, 0.4) is 0 Å². The number of carbonyl (C=O) groups excluding carboxylic acids is 1. The highest BCUT2D eigenvalue weighted by Crippen LogP contribution is 2.39. The zero-order chi connectivity index (χ0) is 14.8. The van der Waals surface area contributed by atoms with E-state index >= 15 is 0 Å². The number of furan rings is 1. The van der Waals surface area contributed by atoms with Gasteiger partial charge in [0.25, 0.3) is 5.91 Å². The number of hydrogen-bond donors (Lipinski definition) is 1. The molecule has 1 aliphatic rings. The van der Waals surface area contributed by atoms with Gasteiger partial charge >= 0.3 is 0 Å². The first-order chi connectivity index (χ1) is 10.1. The Labute approximate surface area is 128 Å². The second-order valence-corrected chi connectivity index (χ2v) is 5.18. The summed E-state index contributed by atoms with van der Waals surface area (Å²) in [6.45, 7) is 1.92.